The van der Waals surface area contributed by atoms with E-state index in [2.05, 4.69) is 10.3 Å². The molecule has 0 aromatic carbocycles. The van der Waals surface area contributed by atoms with Gasteiger partial charge in [0.05, 0.1) is 6.42 Å². The van der Waals surface area contributed by atoms with Crippen LogP contribution >= 0.6 is 11.6 Å². The van der Waals surface area contributed by atoms with E-state index in [1.807, 2.05) is 0 Å². The molecule has 0 saturated heterocycles. The first-order chi connectivity index (χ1) is 7.90. The molecule has 0 aliphatic carbocycles. The minimum Gasteiger partial charge on any atom is -0.480 e. The van der Waals surface area contributed by atoms with E-state index < -0.39 is 17.9 Å². The van der Waals surface area contributed by atoms with Crippen LogP contribution in [0.4, 0.5) is 0 Å². The molecule has 1 heterocycles. The van der Waals surface area contributed by atoms with Crippen LogP contribution in [0, 0.1) is 6.92 Å². The first-order valence-electron chi connectivity index (χ1n) is 5.04. The van der Waals surface area contributed by atoms with Crippen molar-refractivity contribution in [3.05, 3.63) is 28.5 Å². The fraction of sp³-hybridized carbons (Fsp3) is 0.364. The molecule has 17 heavy (non-hydrogen) atoms. The van der Waals surface area contributed by atoms with E-state index in [1.54, 1.807) is 19.1 Å². The summed E-state index contributed by atoms with van der Waals surface area (Å²) in [5.74, 6) is -1.47. The summed E-state index contributed by atoms with van der Waals surface area (Å²) in [4.78, 5) is 26.1. The van der Waals surface area contributed by atoms with Gasteiger partial charge in [0.2, 0.25) is 5.91 Å². The van der Waals surface area contributed by atoms with E-state index in [-0.39, 0.29) is 11.6 Å². The van der Waals surface area contributed by atoms with Crippen molar-refractivity contribution < 1.29 is 14.7 Å². The van der Waals surface area contributed by atoms with Gasteiger partial charge in [-0.05, 0) is 25.5 Å². The Hall–Kier alpha value is -1.62. The number of aryl methyl sites for hydroxylation is 1. The predicted molar refractivity (Wildman–Crippen MR) is 62.9 cm³/mol. The highest BCUT2D eigenvalue weighted by Crippen LogP contribution is 2.14. The van der Waals surface area contributed by atoms with Crippen LogP contribution in [0.25, 0.3) is 0 Å². The maximum absolute atomic E-state index is 11.5. The first kappa shape index (κ1) is 13.4. The largest absolute Gasteiger partial charge is 0.480 e. The van der Waals surface area contributed by atoms with Gasteiger partial charge < -0.3 is 10.4 Å². The Morgan fingerprint density at radius 3 is 2.71 bits per heavy atom. The number of nitrogens with zero attached hydrogens (tertiary/aromatic N) is 1. The number of carbonyl (C=O) groups is 2. The lowest BCUT2D eigenvalue weighted by Crippen LogP contribution is -2.39. The van der Waals surface area contributed by atoms with Crippen molar-refractivity contribution in [3.63, 3.8) is 0 Å². The number of aliphatic carboxylic acids is 1. The average molecular weight is 257 g/mol. The van der Waals surface area contributed by atoms with E-state index in [0.717, 1.165) is 5.69 Å². The number of rotatable bonds is 4. The lowest BCUT2D eigenvalue weighted by atomic mass is 10.2. The zero-order valence-corrected chi connectivity index (χ0v) is 10.3. The van der Waals surface area contributed by atoms with Crippen LogP contribution in [0.3, 0.4) is 0 Å². The number of halogens is 1. The molecule has 1 amide bonds. The van der Waals surface area contributed by atoms with Crippen molar-refractivity contribution in [3.8, 4) is 0 Å². The highest BCUT2D eigenvalue weighted by atomic mass is 35.5. The average Bonchev–Trinajstić information content (AvgIpc) is 2.22. The monoisotopic (exact) mass is 256 g/mol. The lowest BCUT2D eigenvalue weighted by Gasteiger charge is -2.09. The van der Waals surface area contributed by atoms with E-state index in [1.165, 1.54) is 6.92 Å². The highest BCUT2D eigenvalue weighted by molar-refractivity contribution is 6.30. The minimum absolute atomic E-state index is 0.0176. The lowest BCUT2D eigenvalue weighted by molar-refractivity contribution is -0.141. The Kier molecular flexibility index (Phi) is 4.45. The summed E-state index contributed by atoms with van der Waals surface area (Å²) in [7, 11) is 0. The molecule has 1 rings (SSSR count). The smallest absolute Gasteiger partial charge is 0.325 e. The molecule has 2 N–H and O–H groups in total. The molecule has 0 fully saturated rings. The number of hydrogen-bond donors (Lipinski definition) is 2. The maximum Gasteiger partial charge on any atom is 0.325 e. The zero-order chi connectivity index (χ0) is 13.0. The molecule has 0 aliphatic rings. The van der Waals surface area contributed by atoms with E-state index >= 15 is 0 Å². The molecule has 0 saturated carbocycles. The number of pyridine rings is 1. The third kappa shape index (κ3) is 4.03. The van der Waals surface area contributed by atoms with E-state index in [0.29, 0.717) is 5.56 Å². The van der Waals surface area contributed by atoms with Crippen LogP contribution in [0.2, 0.25) is 5.15 Å². The van der Waals surface area contributed by atoms with Crippen molar-refractivity contribution in [2.24, 2.45) is 0 Å². The fourth-order valence-electron chi connectivity index (χ4n) is 1.21. The molecule has 0 aliphatic heterocycles. The van der Waals surface area contributed by atoms with Crippen LogP contribution in [-0.4, -0.2) is 28.0 Å². The minimum atomic E-state index is -1.08. The van der Waals surface area contributed by atoms with Crippen LogP contribution in [-0.2, 0) is 16.0 Å². The van der Waals surface area contributed by atoms with E-state index in [4.69, 9.17) is 16.7 Å². The van der Waals surface area contributed by atoms with Gasteiger partial charge in [0.15, 0.2) is 0 Å². The van der Waals surface area contributed by atoms with Gasteiger partial charge >= 0.3 is 5.97 Å². The Bertz CT molecular complexity index is 448. The predicted octanol–water partition coefficient (Wildman–Crippen LogP) is 1.18. The standard InChI is InChI=1S/C11H13ClN2O3/c1-6-3-4-8(10(12)13-6)5-9(15)14-7(2)11(16)17/h3-4,7H,5H2,1-2H3,(H,14,15)(H,16,17). The van der Waals surface area contributed by atoms with Gasteiger partial charge in [-0.3, -0.25) is 9.59 Å². The van der Waals surface area contributed by atoms with Crippen molar-refractivity contribution in [1.29, 1.82) is 0 Å². The quantitative estimate of drug-likeness (QED) is 0.793. The molecule has 1 unspecified atom stereocenters. The number of nitrogens with one attached hydrogen (secondary N) is 1. The second-order valence-corrected chi connectivity index (χ2v) is 4.06. The van der Waals surface area contributed by atoms with Crippen molar-refractivity contribution in [2.75, 3.05) is 0 Å². The number of carboxylic acids is 1. The number of amides is 1. The summed E-state index contributed by atoms with van der Waals surface area (Å²) in [5, 5.41) is 11.2. The summed E-state index contributed by atoms with van der Waals surface area (Å²) in [5.41, 5.74) is 1.34. The van der Waals surface area contributed by atoms with Gasteiger partial charge in [-0.2, -0.15) is 0 Å². The molecular weight excluding hydrogens is 244 g/mol. The Morgan fingerprint density at radius 1 is 1.53 bits per heavy atom. The van der Waals surface area contributed by atoms with Gasteiger partial charge in [0.1, 0.15) is 11.2 Å². The van der Waals surface area contributed by atoms with Gasteiger partial charge in [-0.1, -0.05) is 17.7 Å². The van der Waals surface area contributed by atoms with Gasteiger partial charge in [-0.25, -0.2) is 4.98 Å². The number of hydrogen-bond acceptors (Lipinski definition) is 3. The summed E-state index contributed by atoms with van der Waals surface area (Å²) < 4.78 is 0. The Labute approximate surface area is 104 Å². The number of carboxylic acid groups (broad SMARTS) is 1. The van der Waals surface area contributed by atoms with E-state index in [9.17, 15) is 9.59 Å². The molecule has 0 radical (unpaired) electrons. The molecule has 5 nitrogen and oxygen atoms in total. The molecule has 92 valence electrons. The summed E-state index contributed by atoms with van der Waals surface area (Å²) in [6.07, 6.45) is 0.0176. The fourth-order valence-corrected chi connectivity index (χ4v) is 1.48. The van der Waals surface area contributed by atoms with Gasteiger partial charge in [0.25, 0.3) is 0 Å². The number of carbonyl (C=O) groups excluding carboxylic acids is 1. The normalized spacial score (nSPS) is 11.9. The molecular formula is C11H13ClN2O3. The zero-order valence-electron chi connectivity index (χ0n) is 9.53. The van der Waals surface area contributed by atoms with Crippen LogP contribution in [0.5, 0.6) is 0 Å². The Balaban J connectivity index is 2.65. The summed E-state index contributed by atoms with van der Waals surface area (Å²) >= 11 is 5.87. The highest BCUT2D eigenvalue weighted by Gasteiger charge is 2.15. The SMILES string of the molecule is Cc1ccc(CC(=O)NC(C)C(=O)O)c(Cl)n1. The summed E-state index contributed by atoms with van der Waals surface area (Å²) in [6.45, 7) is 3.19. The topological polar surface area (TPSA) is 79.3 Å². The third-order valence-corrected chi connectivity index (χ3v) is 2.49. The molecule has 1 aromatic heterocycles. The maximum atomic E-state index is 11.5. The molecule has 1 aromatic rings. The molecule has 6 heteroatoms. The molecule has 1 atom stereocenters. The van der Waals surface area contributed by atoms with Gasteiger partial charge in [-0.15, -0.1) is 0 Å². The van der Waals surface area contributed by atoms with Crippen molar-refractivity contribution in [1.82, 2.24) is 10.3 Å². The van der Waals surface area contributed by atoms with Gasteiger partial charge in [0, 0.05) is 5.69 Å². The molecule has 0 bridgehead atoms. The molecule has 0 spiro atoms. The van der Waals surface area contributed by atoms with Crippen LogP contribution in [0.15, 0.2) is 12.1 Å². The van der Waals surface area contributed by atoms with Crippen molar-refractivity contribution >= 4 is 23.5 Å². The van der Waals surface area contributed by atoms with Crippen molar-refractivity contribution in [2.45, 2.75) is 26.3 Å². The second kappa shape index (κ2) is 5.63. The van der Waals surface area contributed by atoms with Crippen LogP contribution < -0.4 is 5.32 Å². The Morgan fingerprint density at radius 2 is 2.18 bits per heavy atom. The number of aromatic nitrogens is 1. The third-order valence-electron chi connectivity index (χ3n) is 2.16. The first-order valence-corrected chi connectivity index (χ1v) is 5.42. The second-order valence-electron chi connectivity index (χ2n) is 3.71. The summed E-state index contributed by atoms with van der Waals surface area (Å²) in [6, 6.07) is 2.53. The van der Waals surface area contributed by atoms with Crippen LogP contribution in [0.1, 0.15) is 18.2 Å².